The van der Waals surface area contributed by atoms with Crippen LogP contribution in [-0.2, 0) is 11.3 Å². The number of methoxy groups -OCH3 is 2. The van der Waals surface area contributed by atoms with Crippen molar-refractivity contribution in [3.05, 3.63) is 41.3 Å². The van der Waals surface area contributed by atoms with Gasteiger partial charge in [0, 0.05) is 25.1 Å². The highest BCUT2D eigenvalue weighted by molar-refractivity contribution is 6.32. The zero-order valence-electron chi connectivity index (χ0n) is 13.0. The van der Waals surface area contributed by atoms with Crippen LogP contribution < -0.4 is 20.1 Å². The van der Waals surface area contributed by atoms with E-state index < -0.39 is 0 Å². The Kier molecular flexibility index (Phi) is 6.31. The number of amides is 1. The molecule has 7 heteroatoms. The molecule has 0 radical (unpaired) electrons. The van der Waals surface area contributed by atoms with Crippen molar-refractivity contribution in [2.24, 2.45) is 0 Å². The molecule has 0 aliphatic carbocycles. The number of furan rings is 1. The monoisotopic (exact) mass is 338 g/mol. The second kappa shape index (κ2) is 8.45. The van der Waals surface area contributed by atoms with Gasteiger partial charge in [0.2, 0.25) is 5.91 Å². The quantitative estimate of drug-likeness (QED) is 0.724. The third-order valence-electron chi connectivity index (χ3n) is 3.16. The van der Waals surface area contributed by atoms with Gasteiger partial charge in [0.25, 0.3) is 0 Å². The predicted octanol–water partition coefficient (Wildman–Crippen LogP) is 3.07. The lowest BCUT2D eigenvalue weighted by atomic mass is 10.2. The van der Waals surface area contributed by atoms with Crippen LogP contribution in [0.2, 0.25) is 5.02 Å². The van der Waals surface area contributed by atoms with E-state index >= 15 is 0 Å². The highest BCUT2D eigenvalue weighted by Gasteiger charge is 2.12. The molecule has 1 heterocycles. The van der Waals surface area contributed by atoms with E-state index in [9.17, 15) is 4.79 Å². The zero-order chi connectivity index (χ0) is 16.7. The van der Waals surface area contributed by atoms with E-state index in [0.717, 1.165) is 5.76 Å². The van der Waals surface area contributed by atoms with Crippen molar-refractivity contribution in [1.82, 2.24) is 5.32 Å². The van der Waals surface area contributed by atoms with Crippen molar-refractivity contribution in [3.8, 4) is 11.5 Å². The van der Waals surface area contributed by atoms with E-state index in [1.54, 1.807) is 18.4 Å². The molecule has 2 rings (SSSR count). The molecule has 1 aromatic heterocycles. The molecule has 0 spiro atoms. The van der Waals surface area contributed by atoms with E-state index in [1.807, 2.05) is 12.1 Å². The average Bonchev–Trinajstić information content (AvgIpc) is 3.06. The molecule has 1 amide bonds. The number of hydrogen-bond acceptors (Lipinski definition) is 5. The fraction of sp³-hybridized carbons (Fsp3) is 0.312. The predicted molar refractivity (Wildman–Crippen MR) is 88.2 cm³/mol. The second-order valence-corrected chi connectivity index (χ2v) is 5.15. The van der Waals surface area contributed by atoms with Crippen LogP contribution >= 0.6 is 11.6 Å². The lowest BCUT2D eigenvalue weighted by Gasteiger charge is -2.13. The van der Waals surface area contributed by atoms with Crippen molar-refractivity contribution in [3.63, 3.8) is 0 Å². The van der Waals surface area contributed by atoms with Gasteiger partial charge in [0.15, 0.2) is 0 Å². The summed E-state index contributed by atoms with van der Waals surface area (Å²) in [6, 6.07) is 6.93. The fourth-order valence-corrected chi connectivity index (χ4v) is 2.23. The molecule has 0 saturated heterocycles. The number of rotatable bonds is 8. The minimum absolute atomic E-state index is 0.139. The van der Waals surface area contributed by atoms with E-state index in [4.69, 9.17) is 25.5 Å². The number of benzene rings is 1. The maximum Gasteiger partial charge on any atom is 0.225 e. The van der Waals surface area contributed by atoms with Gasteiger partial charge in [-0.1, -0.05) is 11.6 Å². The van der Waals surface area contributed by atoms with Crippen molar-refractivity contribution < 1.29 is 18.7 Å². The first-order valence-electron chi connectivity index (χ1n) is 7.08. The molecular weight excluding hydrogens is 320 g/mol. The largest absolute Gasteiger partial charge is 0.495 e. The molecule has 0 fully saturated rings. The lowest BCUT2D eigenvalue weighted by Crippen LogP contribution is -2.21. The summed E-state index contributed by atoms with van der Waals surface area (Å²) in [6.45, 7) is 1.11. The van der Waals surface area contributed by atoms with Crippen molar-refractivity contribution >= 4 is 23.2 Å². The Morgan fingerprint density at radius 2 is 2.04 bits per heavy atom. The van der Waals surface area contributed by atoms with Gasteiger partial charge in [0.05, 0.1) is 37.7 Å². The molecule has 124 valence electrons. The van der Waals surface area contributed by atoms with Crippen LogP contribution in [0.15, 0.2) is 34.9 Å². The summed E-state index contributed by atoms with van der Waals surface area (Å²) in [5.74, 6) is 1.64. The lowest BCUT2D eigenvalue weighted by molar-refractivity contribution is -0.116. The summed E-state index contributed by atoms with van der Waals surface area (Å²) in [5.41, 5.74) is 0.518. The Balaban J connectivity index is 1.86. The van der Waals surface area contributed by atoms with Gasteiger partial charge in [-0.25, -0.2) is 0 Å². The molecule has 1 aromatic carbocycles. The van der Waals surface area contributed by atoms with E-state index in [-0.39, 0.29) is 5.91 Å². The molecule has 0 unspecified atom stereocenters. The summed E-state index contributed by atoms with van der Waals surface area (Å²) < 4.78 is 15.6. The maximum absolute atomic E-state index is 12.0. The van der Waals surface area contributed by atoms with Crippen LogP contribution in [0.3, 0.4) is 0 Å². The van der Waals surface area contributed by atoms with Crippen LogP contribution in [0.25, 0.3) is 0 Å². The number of carbonyl (C=O) groups is 1. The molecule has 0 bridgehead atoms. The molecule has 0 aliphatic rings. The highest BCUT2D eigenvalue weighted by Crippen LogP contribution is 2.35. The van der Waals surface area contributed by atoms with Gasteiger partial charge in [0.1, 0.15) is 17.3 Å². The average molecular weight is 339 g/mol. The number of carbonyl (C=O) groups excluding carboxylic acids is 1. The standard InChI is InChI=1S/C16H19ClN2O4/c1-21-14-9-13(15(22-2)8-12(14)17)19-16(20)5-6-18-10-11-4-3-7-23-11/h3-4,7-9,18H,5-6,10H2,1-2H3,(H,19,20). The van der Waals surface area contributed by atoms with E-state index in [2.05, 4.69) is 10.6 Å². The number of hydrogen-bond donors (Lipinski definition) is 2. The molecule has 2 aromatic rings. The Labute approximate surface area is 139 Å². The normalized spacial score (nSPS) is 10.4. The van der Waals surface area contributed by atoms with E-state index in [0.29, 0.717) is 41.7 Å². The van der Waals surface area contributed by atoms with Gasteiger partial charge >= 0.3 is 0 Å². The van der Waals surface area contributed by atoms with Crippen LogP contribution in [0.4, 0.5) is 5.69 Å². The van der Waals surface area contributed by atoms with Gasteiger partial charge in [-0.15, -0.1) is 0 Å². The van der Waals surface area contributed by atoms with Crippen molar-refractivity contribution in [2.75, 3.05) is 26.1 Å². The number of halogens is 1. The third-order valence-corrected chi connectivity index (χ3v) is 3.45. The summed E-state index contributed by atoms with van der Waals surface area (Å²) in [5, 5.41) is 6.34. The first-order valence-corrected chi connectivity index (χ1v) is 7.46. The topological polar surface area (TPSA) is 72.7 Å². The molecule has 0 atom stereocenters. The highest BCUT2D eigenvalue weighted by atomic mass is 35.5. The van der Waals surface area contributed by atoms with Crippen LogP contribution in [0.5, 0.6) is 11.5 Å². The number of nitrogens with one attached hydrogen (secondary N) is 2. The number of anilines is 1. The minimum atomic E-state index is -0.139. The van der Waals surface area contributed by atoms with Crippen LogP contribution in [0, 0.1) is 0 Å². The first kappa shape index (κ1) is 17.2. The van der Waals surface area contributed by atoms with Crippen LogP contribution in [0.1, 0.15) is 12.2 Å². The molecule has 23 heavy (non-hydrogen) atoms. The molecule has 6 nitrogen and oxygen atoms in total. The van der Waals surface area contributed by atoms with E-state index in [1.165, 1.54) is 14.2 Å². The first-order chi connectivity index (χ1) is 11.1. The van der Waals surface area contributed by atoms with Gasteiger partial charge in [-0.05, 0) is 12.1 Å². The van der Waals surface area contributed by atoms with Gasteiger partial charge < -0.3 is 24.5 Å². The minimum Gasteiger partial charge on any atom is -0.495 e. The summed E-state index contributed by atoms with van der Waals surface area (Å²) in [7, 11) is 3.02. The maximum atomic E-state index is 12.0. The molecule has 0 saturated carbocycles. The summed E-state index contributed by atoms with van der Waals surface area (Å²) >= 11 is 6.03. The van der Waals surface area contributed by atoms with Crippen molar-refractivity contribution in [2.45, 2.75) is 13.0 Å². The smallest absolute Gasteiger partial charge is 0.225 e. The van der Waals surface area contributed by atoms with Crippen molar-refractivity contribution in [1.29, 1.82) is 0 Å². The summed E-state index contributed by atoms with van der Waals surface area (Å²) in [6.07, 6.45) is 1.93. The Morgan fingerprint density at radius 3 is 2.70 bits per heavy atom. The SMILES string of the molecule is COc1cc(NC(=O)CCNCc2ccco2)c(OC)cc1Cl. The van der Waals surface area contributed by atoms with Gasteiger partial charge in [-0.3, -0.25) is 4.79 Å². The second-order valence-electron chi connectivity index (χ2n) is 4.74. The Bertz CT molecular complexity index is 644. The molecule has 0 aliphatic heterocycles. The molecular formula is C16H19ClN2O4. The fourth-order valence-electron chi connectivity index (χ4n) is 2.00. The van der Waals surface area contributed by atoms with Crippen LogP contribution in [-0.4, -0.2) is 26.7 Å². The Hall–Kier alpha value is -2.18. The Morgan fingerprint density at radius 1 is 1.26 bits per heavy atom. The summed E-state index contributed by atoms with van der Waals surface area (Å²) in [4.78, 5) is 12.0. The van der Waals surface area contributed by atoms with Gasteiger partial charge in [-0.2, -0.15) is 0 Å². The molecule has 2 N–H and O–H groups in total. The third kappa shape index (κ3) is 4.91. The number of ether oxygens (including phenoxy) is 2. The zero-order valence-corrected chi connectivity index (χ0v) is 13.8.